The smallest absolute Gasteiger partial charge is 0.122 e. The molecule has 3 nitrogen and oxygen atoms in total. The minimum atomic E-state index is 0.677. The molecule has 0 aliphatic carbocycles. The van der Waals surface area contributed by atoms with Crippen LogP contribution in [0.3, 0.4) is 0 Å². The molecule has 1 saturated heterocycles. The molecule has 0 amide bonds. The highest BCUT2D eigenvalue weighted by Crippen LogP contribution is 2.28. The molecule has 114 valence electrons. The molecule has 0 bridgehead atoms. The highest BCUT2D eigenvalue weighted by Gasteiger charge is 2.29. The van der Waals surface area contributed by atoms with Gasteiger partial charge < -0.3 is 9.73 Å². The fourth-order valence-corrected chi connectivity index (χ4v) is 3.18. The van der Waals surface area contributed by atoms with Gasteiger partial charge in [-0.25, -0.2) is 0 Å². The Labute approximate surface area is 123 Å². The molecule has 1 fully saturated rings. The fraction of sp³-hybridized carbons (Fsp3) is 0.765. The van der Waals surface area contributed by atoms with Gasteiger partial charge in [0, 0.05) is 24.2 Å². The van der Waals surface area contributed by atoms with Crippen LogP contribution in [0.15, 0.2) is 16.7 Å². The van der Waals surface area contributed by atoms with Crippen LogP contribution in [0.25, 0.3) is 0 Å². The maximum atomic E-state index is 5.67. The van der Waals surface area contributed by atoms with Crippen molar-refractivity contribution in [3.05, 3.63) is 23.7 Å². The van der Waals surface area contributed by atoms with E-state index in [2.05, 4.69) is 44.0 Å². The molecule has 1 aliphatic rings. The number of hydrogen-bond acceptors (Lipinski definition) is 3. The van der Waals surface area contributed by atoms with Gasteiger partial charge in [-0.05, 0) is 44.7 Å². The third-order valence-electron chi connectivity index (χ3n) is 4.45. The molecular formula is C17H30N2O. The van der Waals surface area contributed by atoms with Gasteiger partial charge in [0.2, 0.25) is 0 Å². The van der Waals surface area contributed by atoms with Crippen LogP contribution >= 0.6 is 0 Å². The van der Waals surface area contributed by atoms with Crippen molar-refractivity contribution in [2.45, 2.75) is 72.1 Å². The van der Waals surface area contributed by atoms with Gasteiger partial charge in [-0.2, -0.15) is 0 Å². The second-order valence-electron chi connectivity index (χ2n) is 6.55. The van der Waals surface area contributed by atoms with Crippen LogP contribution in [0.2, 0.25) is 0 Å². The first kappa shape index (κ1) is 15.6. The maximum absolute atomic E-state index is 5.67. The van der Waals surface area contributed by atoms with Crippen molar-refractivity contribution >= 4 is 0 Å². The summed E-state index contributed by atoms with van der Waals surface area (Å²) in [6.07, 6.45) is 5.76. The lowest BCUT2D eigenvalue weighted by Gasteiger charge is -2.27. The van der Waals surface area contributed by atoms with Crippen molar-refractivity contribution in [3.8, 4) is 0 Å². The quantitative estimate of drug-likeness (QED) is 0.822. The predicted octanol–water partition coefficient (Wildman–Crippen LogP) is 3.79. The number of nitrogens with one attached hydrogen (secondary N) is 1. The summed E-state index contributed by atoms with van der Waals surface area (Å²) in [6, 6.07) is 3.59. The van der Waals surface area contributed by atoms with E-state index in [-0.39, 0.29) is 0 Å². The standard InChI is InChI=1S/C17H30N2O/c1-5-16-7-6-14(4)19(16)12-15-8-9-20-17(15)11-18-10-13(2)3/h8-9,13-14,16,18H,5-7,10-12H2,1-4H3. The van der Waals surface area contributed by atoms with E-state index in [9.17, 15) is 0 Å². The molecule has 0 spiro atoms. The van der Waals surface area contributed by atoms with Crippen LogP contribution in [0.5, 0.6) is 0 Å². The average molecular weight is 278 g/mol. The first-order valence-corrected chi connectivity index (χ1v) is 8.13. The fourth-order valence-electron chi connectivity index (χ4n) is 3.18. The van der Waals surface area contributed by atoms with Crippen molar-refractivity contribution < 1.29 is 4.42 Å². The summed E-state index contributed by atoms with van der Waals surface area (Å²) in [4.78, 5) is 2.65. The van der Waals surface area contributed by atoms with Gasteiger partial charge >= 0.3 is 0 Å². The molecule has 1 aromatic heterocycles. The van der Waals surface area contributed by atoms with Crippen LogP contribution in [-0.4, -0.2) is 23.5 Å². The molecule has 0 aromatic carbocycles. The molecule has 1 aliphatic heterocycles. The van der Waals surface area contributed by atoms with Gasteiger partial charge in [-0.3, -0.25) is 4.90 Å². The average Bonchev–Trinajstić information content (AvgIpc) is 2.98. The number of likely N-dealkylation sites (tertiary alicyclic amines) is 1. The van der Waals surface area contributed by atoms with Crippen molar-refractivity contribution in [1.82, 2.24) is 10.2 Å². The summed E-state index contributed by atoms with van der Waals surface area (Å²) in [5, 5.41) is 3.48. The molecule has 1 aromatic rings. The Morgan fingerprint density at radius 1 is 1.40 bits per heavy atom. The van der Waals surface area contributed by atoms with Crippen molar-refractivity contribution in [3.63, 3.8) is 0 Å². The van der Waals surface area contributed by atoms with E-state index in [0.29, 0.717) is 12.0 Å². The highest BCUT2D eigenvalue weighted by molar-refractivity contribution is 5.17. The maximum Gasteiger partial charge on any atom is 0.122 e. The van der Waals surface area contributed by atoms with Crippen molar-refractivity contribution in [2.75, 3.05) is 6.54 Å². The second-order valence-corrected chi connectivity index (χ2v) is 6.55. The SMILES string of the molecule is CCC1CCC(C)N1Cc1ccoc1CNCC(C)C. The first-order valence-electron chi connectivity index (χ1n) is 8.13. The Bertz CT molecular complexity index is 399. The summed E-state index contributed by atoms with van der Waals surface area (Å²) in [5.41, 5.74) is 1.36. The molecule has 2 atom stereocenters. The molecule has 2 unspecified atom stereocenters. The minimum Gasteiger partial charge on any atom is -0.468 e. The third-order valence-corrected chi connectivity index (χ3v) is 4.45. The lowest BCUT2D eigenvalue weighted by Crippen LogP contribution is -2.33. The van der Waals surface area contributed by atoms with Gasteiger partial charge in [0.25, 0.3) is 0 Å². The lowest BCUT2D eigenvalue weighted by atomic mass is 10.1. The zero-order chi connectivity index (χ0) is 14.5. The van der Waals surface area contributed by atoms with Crippen LogP contribution in [0.1, 0.15) is 58.3 Å². The summed E-state index contributed by atoms with van der Waals surface area (Å²) in [7, 11) is 0. The molecule has 0 radical (unpaired) electrons. The van der Waals surface area contributed by atoms with Gasteiger partial charge in [-0.15, -0.1) is 0 Å². The molecular weight excluding hydrogens is 248 g/mol. The van der Waals surface area contributed by atoms with Gasteiger partial charge in [0.1, 0.15) is 5.76 Å². The number of nitrogens with zero attached hydrogens (tertiary/aromatic N) is 1. The molecule has 0 saturated carbocycles. The summed E-state index contributed by atoms with van der Waals surface area (Å²) < 4.78 is 5.67. The first-order chi connectivity index (χ1) is 9.61. The number of furan rings is 1. The molecule has 2 rings (SSSR count). The number of hydrogen-bond donors (Lipinski definition) is 1. The van der Waals surface area contributed by atoms with Crippen LogP contribution < -0.4 is 5.32 Å². The number of rotatable bonds is 7. The van der Waals surface area contributed by atoms with E-state index in [1.165, 1.54) is 24.8 Å². The summed E-state index contributed by atoms with van der Waals surface area (Å²) >= 11 is 0. The molecule has 3 heteroatoms. The van der Waals surface area contributed by atoms with Crippen LogP contribution in [0, 0.1) is 5.92 Å². The largest absolute Gasteiger partial charge is 0.468 e. The van der Waals surface area contributed by atoms with E-state index in [0.717, 1.165) is 31.4 Å². The topological polar surface area (TPSA) is 28.4 Å². The zero-order valence-electron chi connectivity index (χ0n) is 13.5. The van der Waals surface area contributed by atoms with Gasteiger partial charge in [0.15, 0.2) is 0 Å². The van der Waals surface area contributed by atoms with E-state index < -0.39 is 0 Å². The Balaban J connectivity index is 1.94. The Morgan fingerprint density at radius 2 is 2.20 bits per heavy atom. The second kappa shape index (κ2) is 7.28. The Hall–Kier alpha value is -0.800. The van der Waals surface area contributed by atoms with Crippen LogP contribution in [-0.2, 0) is 13.1 Å². The normalized spacial score (nSPS) is 23.9. The van der Waals surface area contributed by atoms with Crippen LogP contribution in [0.4, 0.5) is 0 Å². The summed E-state index contributed by atoms with van der Waals surface area (Å²) in [5.74, 6) is 1.79. The lowest BCUT2D eigenvalue weighted by molar-refractivity contribution is 0.188. The van der Waals surface area contributed by atoms with Gasteiger partial charge in [-0.1, -0.05) is 20.8 Å². The van der Waals surface area contributed by atoms with E-state index in [1.54, 1.807) is 0 Å². The zero-order valence-corrected chi connectivity index (χ0v) is 13.5. The Morgan fingerprint density at radius 3 is 2.90 bits per heavy atom. The molecule has 20 heavy (non-hydrogen) atoms. The van der Waals surface area contributed by atoms with E-state index in [4.69, 9.17) is 4.42 Å². The van der Waals surface area contributed by atoms with E-state index in [1.807, 2.05) is 6.26 Å². The highest BCUT2D eigenvalue weighted by atomic mass is 16.3. The van der Waals surface area contributed by atoms with Crippen molar-refractivity contribution in [1.29, 1.82) is 0 Å². The third kappa shape index (κ3) is 3.86. The molecule has 2 heterocycles. The summed E-state index contributed by atoms with van der Waals surface area (Å²) in [6.45, 7) is 12.0. The minimum absolute atomic E-state index is 0.677. The van der Waals surface area contributed by atoms with Crippen molar-refractivity contribution in [2.24, 2.45) is 5.92 Å². The monoisotopic (exact) mass is 278 g/mol. The Kier molecular flexibility index (Phi) is 5.67. The van der Waals surface area contributed by atoms with E-state index >= 15 is 0 Å². The molecule has 1 N–H and O–H groups in total. The predicted molar refractivity (Wildman–Crippen MR) is 83.6 cm³/mol. The van der Waals surface area contributed by atoms with Gasteiger partial charge in [0.05, 0.1) is 12.8 Å².